The van der Waals surface area contributed by atoms with Crippen molar-refractivity contribution in [3.63, 3.8) is 0 Å². The molecule has 0 saturated heterocycles. The van der Waals surface area contributed by atoms with Gasteiger partial charge in [-0.3, -0.25) is 4.79 Å². The van der Waals surface area contributed by atoms with Gasteiger partial charge in [0, 0.05) is 28.1 Å². The van der Waals surface area contributed by atoms with Crippen LogP contribution in [0, 0.1) is 0 Å². The molecule has 4 nitrogen and oxygen atoms in total. The molecule has 4 aromatic rings. The third-order valence-corrected chi connectivity index (χ3v) is 4.59. The number of halogens is 1. The zero-order valence-electron chi connectivity index (χ0n) is 14.7. The Balaban J connectivity index is 1.60. The number of Topliss-reactive ketones (excluding diaryl/α,β-unsaturated/α-hetero) is 1. The minimum atomic E-state index is -0.444. The van der Waals surface area contributed by atoms with Gasteiger partial charge in [-0.05, 0) is 47.5 Å². The van der Waals surface area contributed by atoms with Gasteiger partial charge >= 0.3 is 5.63 Å². The van der Waals surface area contributed by atoms with Gasteiger partial charge in [-0.15, -0.1) is 0 Å². The molecule has 3 aromatic carbocycles. The molecule has 0 spiro atoms. The highest BCUT2D eigenvalue weighted by atomic mass is 35.5. The Kier molecular flexibility index (Phi) is 4.96. The van der Waals surface area contributed by atoms with E-state index < -0.39 is 5.63 Å². The molecule has 0 amide bonds. The molecule has 0 radical (unpaired) electrons. The molecule has 1 heterocycles. The van der Waals surface area contributed by atoms with E-state index in [1.54, 1.807) is 36.4 Å². The summed E-state index contributed by atoms with van der Waals surface area (Å²) < 4.78 is 10.9. The summed E-state index contributed by atoms with van der Waals surface area (Å²) in [7, 11) is 0. The van der Waals surface area contributed by atoms with Gasteiger partial charge in [-0.25, -0.2) is 4.79 Å². The van der Waals surface area contributed by atoms with Crippen molar-refractivity contribution >= 4 is 28.4 Å². The number of ether oxygens (including phenoxy) is 1. The van der Waals surface area contributed by atoms with Crippen molar-refractivity contribution in [3.05, 3.63) is 99.9 Å². The first-order chi connectivity index (χ1) is 13.6. The predicted octanol–water partition coefficient (Wildman–Crippen LogP) is 5.38. The summed E-state index contributed by atoms with van der Waals surface area (Å²) in [6.07, 6.45) is 0. The molecule has 4 rings (SSSR count). The van der Waals surface area contributed by atoms with Crippen LogP contribution in [-0.2, 0) is 0 Å². The van der Waals surface area contributed by atoms with Crippen LogP contribution in [-0.4, -0.2) is 12.4 Å². The average molecular weight is 391 g/mol. The summed E-state index contributed by atoms with van der Waals surface area (Å²) in [5, 5.41) is 1.36. The summed E-state index contributed by atoms with van der Waals surface area (Å²) in [6.45, 7) is -0.129. The number of rotatable bonds is 5. The number of hydrogen-bond acceptors (Lipinski definition) is 4. The smallest absolute Gasteiger partial charge is 0.336 e. The third-order valence-electron chi connectivity index (χ3n) is 4.34. The first-order valence-corrected chi connectivity index (χ1v) is 9.03. The summed E-state index contributed by atoms with van der Waals surface area (Å²) in [4.78, 5) is 24.2. The molecule has 5 heteroatoms. The van der Waals surface area contributed by atoms with Gasteiger partial charge in [0.2, 0.25) is 0 Å². The van der Waals surface area contributed by atoms with E-state index >= 15 is 0 Å². The number of ketones is 1. The molecule has 0 N–H and O–H groups in total. The molecule has 0 aliphatic carbocycles. The predicted molar refractivity (Wildman–Crippen MR) is 109 cm³/mol. The highest BCUT2D eigenvalue weighted by molar-refractivity contribution is 6.30. The van der Waals surface area contributed by atoms with E-state index in [1.165, 1.54) is 6.07 Å². The lowest BCUT2D eigenvalue weighted by molar-refractivity contribution is 0.0921. The van der Waals surface area contributed by atoms with Crippen LogP contribution in [0.3, 0.4) is 0 Å². The SMILES string of the molecule is O=C(COc1ccc2c(-c3ccccc3)cc(=O)oc2c1)c1ccc(Cl)cc1. The van der Waals surface area contributed by atoms with Crippen molar-refractivity contribution in [1.82, 2.24) is 0 Å². The zero-order chi connectivity index (χ0) is 19.5. The van der Waals surface area contributed by atoms with Gasteiger partial charge in [0.1, 0.15) is 11.3 Å². The average Bonchev–Trinajstić information content (AvgIpc) is 2.72. The second-order valence-electron chi connectivity index (χ2n) is 6.22. The number of fused-ring (bicyclic) bond motifs is 1. The van der Waals surface area contributed by atoms with Crippen molar-refractivity contribution in [2.75, 3.05) is 6.61 Å². The number of hydrogen-bond donors (Lipinski definition) is 0. The lowest BCUT2D eigenvalue weighted by Crippen LogP contribution is -2.11. The van der Waals surface area contributed by atoms with E-state index in [0.29, 0.717) is 21.9 Å². The fourth-order valence-electron chi connectivity index (χ4n) is 2.96. The van der Waals surface area contributed by atoms with Crippen LogP contribution in [0.5, 0.6) is 5.75 Å². The van der Waals surface area contributed by atoms with Crippen molar-refractivity contribution in [1.29, 1.82) is 0 Å². The van der Waals surface area contributed by atoms with E-state index in [2.05, 4.69) is 0 Å². The van der Waals surface area contributed by atoms with Crippen molar-refractivity contribution in [2.24, 2.45) is 0 Å². The van der Waals surface area contributed by atoms with Crippen LogP contribution in [0.15, 0.2) is 88.1 Å². The molecule has 28 heavy (non-hydrogen) atoms. The zero-order valence-corrected chi connectivity index (χ0v) is 15.5. The molecule has 0 aliphatic rings. The topological polar surface area (TPSA) is 56.5 Å². The van der Waals surface area contributed by atoms with Crippen molar-refractivity contribution < 1.29 is 13.9 Å². The molecule has 0 aliphatic heterocycles. The third kappa shape index (κ3) is 3.82. The maximum Gasteiger partial charge on any atom is 0.336 e. The molecule has 0 bridgehead atoms. The normalized spacial score (nSPS) is 10.8. The quantitative estimate of drug-likeness (QED) is 0.339. The minimum absolute atomic E-state index is 0.129. The van der Waals surface area contributed by atoms with E-state index in [1.807, 2.05) is 36.4 Å². The van der Waals surface area contributed by atoms with Crippen molar-refractivity contribution in [2.45, 2.75) is 0 Å². The van der Waals surface area contributed by atoms with Crippen molar-refractivity contribution in [3.8, 4) is 16.9 Å². The summed E-state index contributed by atoms with van der Waals surface area (Å²) in [5.41, 5.74) is 2.19. The van der Waals surface area contributed by atoms with E-state index in [-0.39, 0.29) is 12.4 Å². The summed E-state index contributed by atoms with van der Waals surface area (Å²) in [6, 6.07) is 22.9. The number of benzene rings is 3. The van der Waals surface area contributed by atoms with Crippen LogP contribution in [0.2, 0.25) is 5.02 Å². The van der Waals surface area contributed by atoms with Crippen LogP contribution < -0.4 is 10.4 Å². The molecular formula is C23H15ClO4. The van der Waals surface area contributed by atoms with Gasteiger partial charge in [0.25, 0.3) is 0 Å². The number of carbonyl (C=O) groups excluding carboxylic acids is 1. The standard InChI is InChI=1S/C23H15ClO4/c24-17-8-6-16(7-9-17)21(25)14-27-18-10-11-19-20(15-4-2-1-3-5-15)13-23(26)28-22(19)12-18/h1-13H,14H2. The van der Waals surface area contributed by atoms with E-state index in [4.69, 9.17) is 20.8 Å². The highest BCUT2D eigenvalue weighted by Crippen LogP contribution is 2.29. The van der Waals surface area contributed by atoms with Crippen LogP contribution in [0.1, 0.15) is 10.4 Å². The van der Waals surface area contributed by atoms with Crippen LogP contribution >= 0.6 is 11.6 Å². The summed E-state index contributed by atoms with van der Waals surface area (Å²) in [5.74, 6) is 0.277. The van der Waals surface area contributed by atoms with Crippen LogP contribution in [0.4, 0.5) is 0 Å². The fraction of sp³-hybridized carbons (Fsp3) is 0.0435. The lowest BCUT2D eigenvalue weighted by Gasteiger charge is -2.09. The Morgan fingerprint density at radius 1 is 0.929 bits per heavy atom. The Hall–Kier alpha value is -3.37. The molecule has 0 unspecified atom stereocenters. The largest absolute Gasteiger partial charge is 0.485 e. The molecule has 1 aromatic heterocycles. The Morgan fingerprint density at radius 3 is 2.43 bits per heavy atom. The van der Waals surface area contributed by atoms with Gasteiger partial charge < -0.3 is 9.15 Å². The van der Waals surface area contributed by atoms with Gasteiger partial charge in [0.05, 0.1) is 0 Å². The molecule has 0 atom stereocenters. The maximum atomic E-state index is 12.2. The second-order valence-corrected chi connectivity index (χ2v) is 6.66. The van der Waals surface area contributed by atoms with E-state index in [0.717, 1.165) is 16.5 Å². The van der Waals surface area contributed by atoms with Crippen LogP contribution in [0.25, 0.3) is 22.1 Å². The molecular weight excluding hydrogens is 376 g/mol. The molecule has 0 saturated carbocycles. The second kappa shape index (κ2) is 7.71. The number of carbonyl (C=O) groups is 1. The minimum Gasteiger partial charge on any atom is -0.485 e. The highest BCUT2D eigenvalue weighted by Gasteiger charge is 2.11. The Bertz CT molecular complexity index is 1190. The fourth-order valence-corrected chi connectivity index (χ4v) is 3.08. The van der Waals surface area contributed by atoms with Gasteiger partial charge in [-0.1, -0.05) is 41.9 Å². The first kappa shape index (κ1) is 18.0. The van der Waals surface area contributed by atoms with Gasteiger partial charge in [-0.2, -0.15) is 0 Å². The Morgan fingerprint density at radius 2 is 1.68 bits per heavy atom. The van der Waals surface area contributed by atoms with Gasteiger partial charge in [0.15, 0.2) is 12.4 Å². The molecule has 0 fully saturated rings. The lowest BCUT2D eigenvalue weighted by atomic mass is 10.0. The van der Waals surface area contributed by atoms with E-state index in [9.17, 15) is 9.59 Å². The first-order valence-electron chi connectivity index (χ1n) is 8.65. The maximum absolute atomic E-state index is 12.2. The Labute approximate surface area is 166 Å². The summed E-state index contributed by atoms with van der Waals surface area (Å²) >= 11 is 5.84. The monoisotopic (exact) mass is 390 g/mol. The molecule has 138 valence electrons.